The summed E-state index contributed by atoms with van der Waals surface area (Å²) < 4.78 is 10.9. The van der Waals surface area contributed by atoms with E-state index < -0.39 is 0 Å². The number of carbonyl (C=O) groups is 1. The molecule has 0 radical (unpaired) electrons. The molecule has 1 aromatic rings. The van der Waals surface area contributed by atoms with Crippen LogP contribution >= 0.6 is 15.9 Å². The van der Waals surface area contributed by atoms with E-state index in [0.717, 1.165) is 23.4 Å². The van der Waals surface area contributed by atoms with E-state index in [-0.39, 0.29) is 5.97 Å². The molecule has 4 nitrogen and oxygen atoms in total. The second-order valence-electron chi connectivity index (χ2n) is 3.79. The standard InChI is InChI=1S/C12H14BrNO3/c1-2-17-12(15)8-3-4-11(10(13)5-8)14-9-6-16-7-9/h3-5,9,14H,2,6-7H2,1H3. The first-order chi connectivity index (χ1) is 8.20. The van der Waals surface area contributed by atoms with Gasteiger partial charge in [0.15, 0.2) is 0 Å². The molecule has 0 aliphatic carbocycles. The SMILES string of the molecule is CCOC(=O)c1ccc(NC2COC2)c(Br)c1. The Morgan fingerprint density at radius 2 is 2.35 bits per heavy atom. The first-order valence-corrected chi connectivity index (χ1v) is 6.31. The molecule has 1 fully saturated rings. The van der Waals surface area contributed by atoms with Gasteiger partial charge in [-0.3, -0.25) is 0 Å². The second-order valence-corrected chi connectivity index (χ2v) is 4.65. The number of rotatable bonds is 4. The van der Waals surface area contributed by atoms with E-state index >= 15 is 0 Å². The highest BCUT2D eigenvalue weighted by Gasteiger charge is 2.19. The number of halogens is 1. The lowest BCUT2D eigenvalue weighted by molar-refractivity contribution is 0.0211. The lowest BCUT2D eigenvalue weighted by atomic mass is 10.2. The molecule has 0 saturated carbocycles. The minimum Gasteiger partial charge on any atom is -0.462 e. The summed E-state index contributed by atoms with van der Waals surface area (Å²) >= 11 is 3.44. The third-order valence-electron chi connectivity index (χ3n) is 2.48. The zero-order chi connectivity index (χ0) is 12.3. The van der Waals surface area contributed by atoms with Crippen LogP contribution in [0.3, 0.4) is 0 Å². The van der Waals surface area contributed by atoms with Crippen molar-refractivity contribution in [1.82, 2.24) is 0 Å². The molecule has 92 valence electrons. The van der Waals surface area contributed by atoms with Crippen LogP contribution < -0.4 is 5.32 Å². The molecule has 5 heteroatoms. The molecule has 1 aliphatic heterocycles. The Morgan fingerprint density at radius 3 is 2.88 bits per heavy atom. The smallest absolute Gasteiger partial charge is 0.338 e. The zero-order valence-electron chi connectivity index (χ0n) is 9.53. The maximum absolute atomic E-state index is 11.5. The summed E-state index contributed by atoms with van der Waals surface area (Å²) in [6.07, 6.45) is 0. The van der Waals surface area contributed by atoms with Gasteiger partial charge in [-0.1, -0.05) is 0 Å². The Hall–Kier alpha value is -1.07. The van der Waals surface area contributed by atoms with E-state index in [9.17, 15) is 4.79 Å². The third-order valence-corrected chi connectivity index (χ3v) is 3.13. The topological polar surface area (TPSA) is 47.6 Å². The molecule has 1 heterocycles. The van der Waals surface area contributed by atoms with Crippen molar-refractivity contribution in [2.24, 2.45) is 0 Å². The normalized spacial score (nSPS) is 15.2. The number of esters is 1. The quantitative estimate of drug-likeness (QED) is 0.868. The van der Waals surface area contributed by atoms with E-state index in [1.54, 1.807) is 19.1 Å². The summed E-state index contributed by atoms with van der Waals surface area (Å²) in [6.45, 7) is 3.63. The maximum Gasteiger partial charge on any atom is 0.338 e. The van der Waals surface area contributed by atoms with Crippen molar-refractivity contribution in [2.45, 2.75) is 13.0 Å². The molecule has 0 bridgehead atoms. The lowest BCUT2D eigenvalue weighted by Crippen LogP contribution is -2.40. The van der Waals surface area contributed by atoms with E-state index in [0.29, 0.717) is 18.2 Å². The molecule has 2 rings (SSSR count). The van der Waals surface area contributed by atoms with Crippen LogP contribution in [-0.2, 0) is 9.47 Å². The van der Waals surface area contributed by atoms with Crippen LogP contribution in [0.5, 0.6) is 0 Å². The highest BCUT2D eigenvalue weighted by molar-refractivity contribution is 9.10. The number of anilines is 1. The average Bonchev–Trinajstić information content (AvgIpc) is 2.25. The van der Waals surface area contributed by atoms with Crippen molar-refractivity contribution in [3.8, 4) is 0 Å². The largest absolute Gasteiger partial charge is 0.462 e. The molecule has 1 aliphatic rings. The molecule has 0 spiro atoms. The van der Waals surface area contributed by atoms with E-state index in [4.69, 9.17) is 9.47 Å². The Balaban J connectivity index is 2.07. The van der Waals surface area contributed by atoms with Gasteiger partial charge >= 0.3 is 5.97 Å². The Bertz CT molecular complexity index is 418. The molecule has 0 unspecified atom stereocenters. The predicted molar refractivity (Wildman–Crippen MR) is 68.3 cm³/mol. The number of hydrogen-bond acceptors (Lipinski definition) is 4. The predicted octanol–water partition coefficient (Wildman–Crippen LogP) is 2.44. The van der Waals surface area contributed by atoms with Gasteiger partial charge in [0.1, 0.15) is 0 Å². The summed E-state index contributed by atoms with van der Waals surface area (Å²) in [6, 6.07) is 5.75. The average molecular weight is 300 g/mol. The summed E-state index contributed by atoms with van der Waals surface area (Å²) in [7, 11) is 0. The van der Waals surface area contributed by atoms with E-state index in [1.807, 2.05) is 6.07 Å². The van der Waals surface area contributed by atoms with Gasteiger partial charge in [0.25, 0.3) is 0 Å². The summed E-state index contributed by atoms with van der Waals surface area (Å²) in [5.74, 6) is -0.299. The van der Waals surface area contributed by atoms with Crippen molar-refractivity contribution >= 4 is 27.6 Å². The van der Waals surface area contributed by atoms with Crippen molar-refractivity contribution in [3.63, 3.8) is 0 Å². The summed E-state index contributed by atoms with van der Waals surface area (Å²) in [5.41, 5.74) is 1.51. The van der Waals surface area contributed by atoms with Gasteiger partial charge in [-0.15, -0.1) is 0 Å². The van der Waals surface area contributed by atoms with Gasteiger partial charge in [-0.05, 0) is 41.1 Å². The van der Waals surface area contributed by atoms with Gasteiger partial charge in [0.2, 0.25) is 0 Å². The van der Waals surface area contributed by atoms with Gasteiger partial charge < -0.3 is 14.8 Å². The van der Waals surface area contributed by atoms with Crippen LogP contribution in [0.4, 0.5) is 5.69 Å². The van der Waals surface area contributed by atoms with E-state index in [1.165, 1.54) is 0 Å². The Kier molecular flexibility index (Phi) is 4.02. The first kappa shape index (κ1) is 12.4. The number of nitrogens with one attached hydrogen (secondary N) is 1. The van der Waals surface area contributed by atoms with Crippen LogP contribution in [-0.4, -0.2) is 31.8 Å². The highest BCUT2D eigenvalue weighted by Crippen LogP contribution is 2.25. The fraction of sp³-hybridized carbons (Fsp3) is 0.417. The first-order valence-electron chi connectivity index (χ1n) is 5.51. The summed E-state index contributed by atoms with van der Waals surface area (Å²) in [5, 5.41) is 3.32. The van der Waals surface area contributed by atoms with Crippen molar-refractivity contribution in [3.05, 3.63) is 28.2 Å². The van der Waals surface area contributed by atoms with Crippen molar-refractivity contribution in [2.75, 3.05) is 25.1 Å². The number of hydrogen-bond donors (Lipinski definition) is 1. The fourth-order valence-corrected chi connectivity index (χ4v) is 2.01. The van der Waals surface area contributed by atoms with Crippen molar-refractivity contribution < 1.29 is 14.3 Å². The molecule has 17 heavy (non-hydrogen) atoms. The Morgan fingerprint density at radius 1 is 1.59 bits per heavy atom. The minimum atomic E-state index is -0.299. The van der Waals surface area contributed by atoms with Gasteiger partial charge in [-0.25, -0.2) is 4.79 Å². The molecule has 1 saturated heterocycles. The van der Waals surface area contributed by atoms with Gasteiger partial charge in [0.05, 0.1) is 31.4 Å². The minimum absolute atomic E-state index is 0.299. The lowest BCUT2D eigenvalue weighted by Gasteiger charge is -2.28. The monoisotopic (exact) mass is 299 g/mol. The van der Waals surface area contributed by atoms with Crippen LogP contribution in [0, 0.1) is 0 Å². The number of ether oxygens (including phenoxy) is 2. The molecule has 0 amide bonds. The zero-order valence-corrected chi connectivity index (χ0v) is 11.1. The van der Waals surface area contributed by atoms with Gasteiger partial charge in [0, 0.05) is 10.2 Å². The van der Waals surface area contributed by atoms with Crippen LogP contribution in [0.15, 0.2) is 22.7 Å². The highest BCUT2D eigenvalue weighted by atomic mass is 79.9. The number of benzene rings is 1. The molecular weight excluding hydrogens is 286 g/mol. The third kappa shape index (κ3) is 2.98. The molecule has 0 aromatic heterocycles. The molecule has 1 aromatic carbocycles. The van der Waals surface area contributed by atoms with Crippen LogP contribution in [0.1, 0.15) is 17.3 Å². The maximum atomic E-state index is 11.5. The van der Waals surface area contributed by atoms with Gasteiger partial charge in [-0.2, -0.15) is 0 Å². The molecule has 0 atom stereocenters. The van der Waals surface area contributed by atoms with Crippen molar-refractivity contribution in [1.29, 1.82) is 0 Å². The molecular formula is C12H14BrNO3. The fourth-order valence-electron chi connectivity index (χ4n) is 1.51. The second kappa shape index (κ2) is 5.51. The Labute approximate surface area is 108 Å². The number of carbonyl (C=O) groups excluding carboxylic acids is 1. The summed E-state index contributed by atoms with van der Waals surface area (Å²) in [4.78, 5) is 11.5. The van der Waals surface area contributed by atoms with Crippen LogP contribution in [0.25, 0.3) is 0 Å². The van der Waals surface area contributed by atoms with E-state index in [2.05, 4.69) is 21.2 Å². The van der Waals surface area contributed by atoms with Crippen LogP contribution in [0.2, 0.25) is 0 Å². The molecule has 1 N–H and O–H groups in total.